The molecule has 0 unspecified atom stereocenters. The average molecular weight is 316 g/mol. The largest absolute Gasteiger partial charge is 0.496 e. The normalized spacial score (nSPS) is 12.0. The summed E-state index contributed by atoms with van der Waals surface area (Å²) in [7, 11) is 1.55. The Balaban J connectivity index is 1.94. The zero-order valence-electron chi connectivity index (χ0n) is 12.8. The maximum atomic E-state index is 13.5. The van der Waals surface area contributed by atoms with Gasteiger partial charge in [0, 0.05) is 5.56 Å². The van der Waals surface area contributed by atoms with Crippen molar-refractivity contribution in [3.05, 3.63) is 59.9 Å². The van der Waals surface area contributed by atoms with E-state index in [0.717, 1.165) is 5.56 Å². The molecule has 6 heteroatoms. The van der Waals surface area contributed by atoms with Gasteiger partial charge in [-0.15, -0.1) is 0 Å². The fourth-order valence-corrected chi connectivity index (χ4v) is 1.80. The van der Waals surface area contributed by atoms with E-state index in [9.17, 15) is 9.18 Å². The molecule has 0 saturated carbocycles. The molecule has 0 aromatic heterocycles. The van der Waals surface area contributed by atoms with Crippen molar-refractivity contribution in [2.45, 2.75) is 13.0 Å². The number of para-hydroxylation sites is 2. The second-order valence-electron chi connectivity index (χ2n) is 4.69. The molecule has 0 saturated heterocycles. The van der Waals surface area contributed by atoms with Crippen molar-refractivity contribution in [1.82, 2.24) is 0 Å². The molecule has 0 bridgehead atoms. The van der Waals surface area contributed by atoms with Crippen LogP contribution < -0.4 is 10.1 Å². The second-order valence-corrected chi connectivity index (χ2v) is 4.69. The number of nitrogens with one attached hydrogen (secondary N) is 1. The van der Waals surface area contributed by atoms with Crippen LogP contribution in [-0.2, 0) is 9.63 Å². The van der Waals surface area contributed by atoms with Gasteiger partial charge in [-0.25, -0.2) is 4.39 Å². The SMILES string of the molecule is COc1ccccc1/C=N\O[C@@H](C)C(=O)Nc1ccccc1F. The molecule has 0 aliphatic rings. The highest BCUT2D eigenvalue weighted by Gasteiger charge is 2.15. The van der Waals surface area contributed by atoms with Gasteiger partial charge in [-0.2, -0.15) is 0 Å². The number of halogens is 1. The highest BCUT2D eigenvalue weighted by Crippen LogP contribution is 2.15. The van der Waals surface area contributed by atoms with E-state index in [1.54, 1.807) is 31.4 Å². The number of oxime groups is 1. The van der Waals surface area contributed by atoms with Crippen LogP contribution in [-0.4, -0.2) is 25.3 Å². The number of hydrogen-bond donors (Lipinski definition) is 1. The number of methoxy groups -OCH3 is 1. The first-order chi connectivity index (χ1) is 11.1. The van der Waals surface area contributed by atoms with Crippen LogP contribution in [0.2, 0.25) is 0 Å². The predicted octanol–water partition coefficient (Wildman–Crippen LogP) is 3.21. The Labute approximate surface area is 133 Å². The van der Waals surface area contributed by atoms with E-state index in [1.165, 1.54) is 25.3 Å². The number of amides is 1. The molecule has 0 fully saturated rings. The van der Waals surface area contributed by atoms with Crippen molar-refractivity contribution in [3.63, 3.8) is 0 Å². The van der Waals surface area contributed by atoms with E-state index in [2.05, 4.69) is 10.5 Å². The molecule has 2 rings (SSSR count). The highest BCUT2D eigenvalue weighted by molar-refractivity contribution is 5.94. The molecule has 0 heterocycles. The van der Waals surface area contributed by atoms with Crippen LogP contribution in [0.3, 0.4) is 0 Å². The number of anilines is 1. The molecule has 2 aromatic carbocycles. The Kier molecular flexibility index (Phi) is 5.68. The van der Waals surface area contributed by atoms with Crippen LogP contribution in [0.15, 0.2) is 53.7 Å². The summed E-state index contributed by atoms with van der Waals surface area (Å²) in [6.45, 7) is 1.52. The maximum Gasteiger partial charge on any atom is 0.268 e. The molecular formula is C17H17FN2O3. The van der Waals surface area contributed by atoms with Gasteiger partial charge in [0.1, 0.15) is 11.6 Å². The molecule has 23 heavy (non-hydrogen) atoms. The summed E-state index contributed by atoms with van der Waals surface area (Å²) >= 11 is 0. The van der Waals surface area contributed by atoms with Gasteiger partial charge in [-0.1, -0.05) is 29.4 Å². The summed E-state index contributed by atoms with van der Waals surface area (Å²) in [6, 6.07) is 13.2. The molecule has 2 aromatic rings. The fraction of sp³-hybridized carbons (Fsp3) is 0.176. The van der Waals surface area contributed by atoms with Crippen LogP contribution >= 0.6 is 0 Å². The van der Waals surface area contributed by atoms with E-state index in [1.807, 2.05) is 12.1 Å². The van der Waals surface area contributed by atoms with Gasteiger partial charge in [0.05, 0.1) is 19.0 Å². The van der Waals surface area contributed by atoms with Crippen molar-refractivity contribution in [2.75, 3.05) is 12.4 Å². The fourth-order valence-electron chi connectivity index (χ4n) is 1.80. The summed E-state index contributed by atoms with van der Waals surface area (Å²) in [5, 5.41) is 6.22. The number of benzene rings is 2. The highest BCUT2D eigenvalue weighted by atomic mass is 19.1. The molecule has 0 radical (unpaired) electrons. The number of carbonyl (C=O) groups is 1. The standard InChI is InChI=1S/C17H17FN2O3/c1-12(17(21)20-15-9-5-4-8-14(15)18)23-19-11-13-7-3-6-10-16(13)22-2/h3-12H,1-2H3,(H,20,21)/b19-11-/t12-/m0/s1. The summed E-state index contributed by atoms with van der Waals surface area (Å²) in [4.78, 5) is 17.0. The monoisotopic (exact) mass is 316 g/mol. The minimum Gasteiger partial charge on any atom is -0.496 e. The topological polar surface area (TPSA) is 59.9 Å². The van der Waals surface area contributed by atoms with Crippen LogP contribution in [0.25, 0.3) is 0 Å². The molecule has 1 amide bonds. The third-order valence-corrected chi connectivity index (χ3v) is 3.05. The van der Waals surface area contributed by atoms with Crippen LogP contribution in [0.5, 0.6) is 5.75 Å². The van der Waals surface area contributed by atoms with Crippen molar-refractivity contribution in [2.24, 2.45) is 5.16 Å². The lowest BCUT2D eigenvalue weighted by Gasteiger charge is -2.11. The first-order valence-corrected chi connectivity index (χ1v) is 6.99. The molecule has 0 aliphatic heterocycles. The smallest absolute Gasteiger partial charge is 0.268 e. The minimum absolute atomic E-state index is 0.0988. The van der Waals surface area contributed by atoms with Gasteiger partial charge in [-0.3, -0.25) is 4.79 Å². The Hall–Kier alpha value is -2.89. The minimum atomic E-state index is -0.874. The summed E-state index contributed by atoms with van der Waals surface area (Å²) < 4.78 is 18.6. The number of ether oxygens (including phenoxy) is 1. The van der Waals surface area contributed by atoms with Gasteiger partial charge in [0.2, 0.25) is 6.10 Å². The van der Waals surface area contributed by atoms with E-state index in [-0.39, 0.29) is 5.69 Å². The molecule has 5 nitrogen and oxygen atoms in total. The molecule has 1 N–H and O–H groups in total. The first-order valence-electron chi connectivity index (χ1n) is 6.99. The van der Waals surface area contributed by atoms with E-state index in [0.29, 0.717) is 5.75 Å². The van der Waals surface area contributed by atoms with Gasteiger partial charge >= 0.3 is 0 Å². The van der Waals surface area contributed by atoms with Gasteiger partial charge in [-0.05, 0) is 31.2 Å². The van der Waals surface area contributed by atoms with Gasteiger partial charge in [0.15, 0.2) is 0 Å². The lowest BCUT2D eigenvalue weighted by atomic mass is 10.2. The van der Waals surface area contributed by atoms with Gasteiger partial charge < -0.3 is 14.9 Å². The van der Waals surface area contributed by atoms with Crippen LogP contribution in [0, 0.1) is 5.82 Å². The van der Waals surface area contributed by atoms with Crippen molar-refractivity contribution in [1.29, 1.82) is 0 Å². The summed E-state index contributed by atoms with van der Waals surface area (Å²) in [6.07, 6.45) is 0.576. The van der Waals surface area contributed by atoms with E-state index in [4.69, 9.17) is 9.57 Å². The Morgan fingerprint density at radius 3 is 2.65 bits per heavy atom. The molecule has 0 aliphatic carbocycles. The number of carbonyl (C=O) groups excluding carboxylic acids is 1. The average Bonchev–Trinajstić information content (AvgIpc) is 2.57. The Morgan fingerprint density at radius 1 is 1.22 bits per heavy atom. The Morgan fingerprint density at radius 2 is 1.91 bits per heavy atom. The summed E-state index contributed by atoms with van der Waals surface area (Å²) in [5.74, 6) is -0.360. The van der Waals surface area contributed by atoms with Crippen LogP contribution in [0.1, 0.15) is 12.5 Å². The first kappa shape index (κ1) is 16.5. The molecule has 1 atom stereocenters. The lowest BCUT2D eigenvalue weighted by Crippen LogP contribution is -2.26. The molecule has 0 spiro atoms. The zero-order chi connectivity index (χ0) is 16.7. The quantitative estimate of drug-likeness (QED) is 0.657. The zero-order valence-corrected chi connectivity index (χ0v) is 12.8. The van der Waals surface area contributed by atoms with Gasteiger partial charge in [0.25, 0.3) is 5.91 Å². The lowest BCUT2D eigenvalue weighted by molar-refractivity contribution is -0.126. The molecule has 120 valence electrons. The van der Waals surface area contributed by atoms with E-state index < -0.39 is 17.8 Å². The van der Waals surface area contributed by atoms with Crippen LogP contribution in [0.4, 0.5) is 10.1 Å². The number of rotatable bonds is 6. The third kappa shape index (κ3) is 4.54. The third-order valence-electron chi connectivity index (χ3n) is 3.05. The number of hydrogen-bond acceptors (Lipinski definition) is 4. The van der Waals surface area contributed by atoms with Crippen molar-refractivity contribution < 1.29 is 18.8 Å². The summed E-state index contributed by atoms with van der Waals surface area (Å²) in [5.41, 5.74) is 0.818. The van der Waals surface area contributed by atoms with E-state index >= 15 is 0 Å². The number of nitrogens with zero attached hydrogens (tertiary/aromatic N) is 1. The Bertz CT molecular complexity index is 704. The van der Waals surface area contributed by atoms with Crippen molar-refractivity contribution in [3.8, 4) is 5.75 Å². The van der Waals surface area contributed by atoms with Crippen molar-refractivity contribution >= 4 is 17.8 Å². The maximum absolute atomic E-state index is 13.5. The molecular weight excluding hydrogens is 299 g/mol. The second kappa shape index (κ2) is 7.93. The predicted molar refractivity (Wildman–Crippen MR) is 86.2 cm³/mol.